The summed E-state index contributed by atoms with van der Waals surface area (Å²) in [4.78, 5) is 0. The molecule has 1 nitrogen and oxygen atoms in total. The molecule has 0 spiro atoms. The molecule has 0 saturated heterocycles. The van der Waals surface area contributed by atoms with Crippen LogP contribution < -0.4 is 5.73 Å². The molecule has 0 heterocycles. The fraction of sp³-hybridized carbons (Fsp3) is 0.895. The zero-order valence-electron chi connectivity index (χ0n) is 13.8. The first-order chi connectivity index (χ1) is 9.22. The fourth-order valence-electron chi connectivity index (χ4n) is 7.00. The molecule has 0 radical (unpaired) electrons. The molecule has 4 bridgehead atoms. The van der Waals surface area contributed by atoms with Gasteiger partial charge in [0.25, 0.3) is 0 Å². The lowest BCUT2D eigenvalue weighted by Crippen LogP contribution is -2.56. The molecule has 2 N–H and O–H groups in total. The third kappa shape index (κ3) is 2.71. The largest absolute Gasteiger partial charge is 0.328 e. The van der Waals surface area contributed by atoms with Crippen LogP contribution in [0.3, 0.4) is 0 Å². The highest BCUT2D eigenvalue weighted by Crippen LogP contribution is 2.70. The SMILES string of the molecule is C=C(C)CCC(N)CC12CC3CC(C)(CC(C)(C3)C1)C2. The van der Waals surface area contributed by atoms with E-state index in [0.717, 1.165) is 18.8 Å². The predicted molar refractivity (Wildman–Crippen MR) is 86.5 cm³/mol. The second-order valence-electron chi connectivity index (χ2n) is 9.59. The van der Waals surface area contributed by atoms with Gasteiger partial charge in [-0.05, 0) is 86.9 Å². The highest BCUT2D eigenvalue weighted by Gasteiger charge is 2.59. The summed E-state index contributed by atoms with van der Waals surface area (Å²) >= 11 is 0. The lowest BCUT2D eigenvalue weighted by Gasteiger charge is -2.66. The van der Waals surface area contributed by atoms with Gasteiger partial charge in [-0.25, -0.2) is 0 Å². The third-order valence-electron chi connectivity index (χ3n) is 6.38. The molecule has 0 aromatic rings. The van der Waals surface area contributed by atoms with Crippen LogP contribution in [-0.4, -0.2) is 6.04 Å². The number of rotatable bonds is 5. The molecule has 114 valence electrons. The van der Waals surface area contributed by atoms with Gasteiger partial charge in [-0.1, -0.05) is 19.4 Å². The van der Waals surface area contributed by atoms with Gasteiger partial charge in [0.2, 0.25) is 0 Å². The van der Waals surface area contributed by atoms with Gasteiger partial charge < -0.3 is 5.73 Å². The highest BCUT2D eigenvalue weighted by molar-refractivity contribution is 5.11. The maximum atomic E-state index is 6.49. The molecule has 0 aliphatic heterocycles. The van der Waals surface area contributed by atoms with Crippen LogP contribution in [0.5, 0.6) is 0 Å². The second-order valence-corrected chi connectivity index (χ2v) is 9.59. The Kier molecular flexibility index (Phi) is 3.36. The van der Waals surface area contributed by atoms with Gasteiger partial charge in [0.05, 0.1) is 0 Å². The van der Waals surface area contributed by atoms with Crippen molar-refractivity contribution in [2.45, 2.75) is 84.6 Å². The lowest BCUT2D eigenvalue weighted by atomic mass is 9.39. The minimum Gasteiger partial charge on any atom is -0.328 e. The average molecular weight is 275 g/mol. The van der Waals surface area contributed by atoms with Crippen LogP contribution in [0.2, 0.25) is 0 Å². The maximum absolute atomic E-state index is 6.49. The van der Waals surface area contributed by atoms with E-state index in [9.17, 15) is 0 Å². The monoisotopic (exact) mass is 275 g/mol. The lowest BCUT2D eigenvalue weighted by molar-refractivity contribution is -0.149. The van der Waals surface area contributed by atoms with Gasteiger partial charge in [0, 0.05) is 6.04 Å². The minimum absolute atomic E-state index is 0.384. The van der Waals surface area contributed by atoms with Gasteiger partial charge in [-0.2, -0.15) is 0 Å². The maximum Gasteiger partial charge on any atom is 0.00471 e. The van der Waals surface area contributed by atoms with E-state index < -0.39 is 0 Å². The zero-order valence-corrected chi connectivity index (χ0v) is 13.8. The molecule has 0 aromatic heterocycles. The summed E-state index contributed by atoms with van der Waals surface area (Å²) in [5.74, 6) is 0.995. The molecule has 4 fully saturated rings. The standard InChI is InChI=1S/C19H33N/c1-14(2)5-6-16(20)10-19-9-15-7-17(3,12-19)11-18(4,8-15)13-19/h15-16H,1,5-13,20H2,2-4H3. The Bertz CT molecular complexity index is 392. The Hall–Kier alpha value is -0.300. The first-order valence-corrected chi connectivity index (χ1v) is 8.62. The van der Waals surface area contributed by atoms with E-state index in [1.165, 1.54) is 50.5 Å². The van der Waals surface area contributed by atoms with Crippen molar-refractivity contribution in [2.75, 3.05) is 0 Å². The van der Waals surface area contributed by atoms with Crippen LogP contribution >= 0.6 is 0 Å². The number of allylic oxidation sites excluding steroid dienone is 1. The molecular formula is C19H33N. The molecule has 0 aromatic carbocycles. The summed E-state index contributed by atoms with van der Waals surface area (Å²) in [5, 5.41) is 0. The third-order valence-corrected chi connectivity index (χ3v) is 6.38. The second kappa shape index (κ2) is 4.60. The molecule has 3 unspecified atom stereocenters. The number of hydrogen-bond acceptors (Lipinski definition) is 1. The van der Waals surface area contributed by atoms with Crippen LogP contribution in [0.1, 0.15) is 78.6 Å². The van der Waals surface area contributed by atoms with Gasteiger partial charge in [-0.3, -0.25) is 0 Å². The summed E-state index contributed by atoms with van der Waals surface area (Å²) in [6.07, 6.45) is 12.3. The van der Waals surface area contributed by atoms with Crippen molar-refractivity contribution in [3.63, 3.8) is 0 Å². The van der Waals surface area contributed by atoms with Crippen molar-refractivity contribution in [1.82, 2.24) is 0 Å². The van der Waals surface area contributed by atoms with Gasteiger partial charge in [-0.15, -0.1) is 6.58 Å². The van der Waals surface area contributed by atoms with Gasteiger partial charge in [0.1, 0.15) is 0 Å². The number of nitrogens with two attached hydrogens (primary N) is 1. The van der Waals surface area contributed by atoms with Crippen LogP contribution in [0, 0.1) is 22.2 Å². The van der Waals surface area contributed by atoms with E-state index in [1.54, 1.807) is 0 Å². The van der Waals surface area contributed by atoms with E-state index in [0.29, 0.717) is 22.3 Å². The van der Waals surface area contributed by atoms with Crippen molar-refractivity contribution in [1.29, 1.82) is 0 Å². The Morgan fingerprint density at radius 2 is 1.75 bits per heavy atom. The first-order valence-electron chi connectivity index (χ1n) is 8.62. The van der Waals surface area contributed by atoms with Crippen molar-refractivity contribution in [3.8, 4) is 0 Å². The summed E-state index contributed by atoms with van der Waals surface area (Å²) in [7, 11) is 0. The molecule has 20 heavy (non-hydrogen) atoms. The quantitative estimate of drug-likeness (QED) is 0.698. The summed E-state index contributed by atoms with van der Waals surface area (Å²) in [6.45, 7) is 11.3. The fourth-order valence-corrected chi connectivity index (χ4v) is 7.00. The normalized spacial score (nSPS) is 47.5. The average Bonchev–Trinajstić information content (AvgIpc) is 2.20. The molecular weight excluding hydrogens is 242 g/mol. The molecule has 4 saturated carbocycles. The topological polar surface area (TPSA) is 26.0 Å². The Balaban J connectivity index is 1.71. The Morgan fingerprint density at radius 3 is 2.25 bits per heavy atom. The van der Waals surface area contributed by atoms with Crippen LogP contribution in [0.15, 0.2) is 12.2 Å². The molecule has 4 aliphatic rings. The van der Waals surface area contributed by atoms with Crippen LogP contribution in [-0.2, 0) is 0 Å². The molecule has 4 aliphatic carbocycles. The van der Waals surface area contributed by atoms with E-state index >= 15 is 0 Å². The summed E-state index contributed by atoms with van der Waals surface area (Å²) in [6, 6.07) is 0.384. The Morgan fingerprint density at radius 1 is 1.15 bits per heavy atom. The molecule has 3 atom stereocenters. The van der Waals surface area contributed by atoms with Crippen molar-refractivity contribution in [2.24, 2.45) is 27.9 Å². The van der Waals surface area contributed by atoms with E-state index in [2.05, 4.69) is 27.4 Å². The zero-order chi connectivity index (χ0) is 14.6. The van der Waals surface area contributed by atoms with Crippen molar-refractivity contribution >= 4 is 0 Å². The molecule has 1 heteroatoms. The summed E-state index contributed by atoms with van der Waals surface area (Å²) in [5.41, 5.74) is 9.61. The van der Waals surface area contributed by atoms with Crippen molar-refractivity contribution in [3.05, 3.63) is 12.2 Å². The highest BCUT2D eigenvalue weighted by atomic mass is 14.7. The van der Waals surface area contributed by atoms with E-state index in [-0.39, 0.29) is 0 Å². The van der Waals surface area contributed by atoms with Gasteiger partial charge in [0.15, 0.2) is 0 Å². The number of hydrogen-bond donors (Lipinski definition) is 1. The van der Waals surface area contributed by atoms with Gasteiger partial charge >= 0.3 is 0 Å². The summed E-state index contributed by atoms with van der Waals surface area (Å²) < 4.78 is 0. The molecule has 4 rings (SSSR count). The first kappa shape index (κ1) is 14.6. The van der Waals surface area contributed by atoms with E-state index in [1.807, 2.05) is 0 Å². The smallest absolute Gasteiger partial charge is 0.00471 e. The van der Waals surface area contributed by atoms with Crippen molar-refractivity contribution < 1.29 is 0 Å². The van der Waals surface area contributed by atoms with Crippen LogP contribution in [0.25, 0.3) is 0 Å². The van der Waals surface area contributed by atoms with E-state index in [4.69, 9.17) is 5.73 Å². The Labute approximate surface area is 125 Å². The van der Waals surface area contributed by atoms with Crippen LogP contribution in [0.4, 0.5) is 0 Å². The molecule has 0 amide bonds. The minimum atomic E-state index is 0.384. The predicted octanol–water partition coefficient (Wildman–Crippen LogP) is 5.06.